The van der Waals surface area contributed by atoms with Crippen molar-refractivity contribution in [1.29, 1.82) is 0 Å². The summed E-state index contributed by atoms with van der Waals surface area (Å²) in [6.07, 6.45) is 1.71. The van der Waals surface area contributed by atoms with Gasteiger partial charge in [0.25, 0.3) is 0 Å². The number of carbonyl (C=O) groups excluding carboxylic acids is 1. The molecule has 0 bridgehead atoms. The molecule has 0 radical (unpaired) electrons. The van der Waals surface area contributed by atoms with Gasteiger partial charge in [0.15, 0.2) is 0 Å². The van der Waals surface area contributed by atoms with Crippen molar-refractivity contribution in [3.05, 3.63) is 11.6 Å². The number of carboxylic acids is 1. The van der Waals surface area contributed by atoms with Crippen LogP contribution in [0.15, 0.2) is 11.6 Å². The number of rotatable bonds is 6. The van der Waals surface area contributed by atoms with Crippen LogP contribution in [0.5, 0.6) is 0 Å². The Kier molecular flexibility index (Phi) is 7.32. The quantitative estimate of drug-likeness (QED) is 0.678. The van der Waals surface area contributed by atoms with Gasteiger partial charge in [0.05, 0.1) is 0 Å². The van der Waals surface area contributed by atoms with Gasteiger partial charge in [-0.2, -0.15) is 11.8 Å². The molecular formula is C8H12ClNO3S. The van der Waals surface area contributed by atoms with Gasteiger partial charge < -0.3 is 10.4 Å². The molecule has 0 aromatic rings. The molecule has 80 valence electrons. The molecule has 0 aromatic carbocycles. The Morgan fingerprint density at radius 1 is 1.64 bits per heavy atom. The number of carbonyl (C=O) groups is 2. The van der Waals surface area contributed by atoms with Crippen LogP contribution in [0.3, 0.4) is 0 Å². The minimum absolute atomic E-state index is 0.330. The summed E-state index contributed by atoms with van der Waals surface area (Å²) < 4.78 is 0. The molecule has 0 saturated carbocycles. The smallest absolute Gasteiger partial charge is 0.327 e. The molecule has 0 unspecified atom stereocenters. The summed E-state index contributed by atoms with van der Waals surface area (Å²) >= 11 is 6.67. The molecule has 1 amide bonds. The van der Waals surface area contributed by atoms with Gasteiger partial charge in [0.1, 0.15) is 6.04 Å². The molecule has 0 aromatic heterocycles. The lowest BCUT2D eigenvalue weighted by atomic mass is 10.3. The van der Waals surface area contributed by atoms with E-state index in [1.807, 2.05) is 0 Å². The van der Waals surface area contributed by atoms with Gasteiger partial charge in [0.2, 0.25) is 5.91 Å². The fraction of sp³-hybridized carbons (Fsp3) is 0.500. The molecule has 0 aliphatic rings. The first-order valence-electron chi connectivity index (χ1n) is 3.90. The fourth-order valence-electron chi connectivity index (χ4n) is 0.710. The standard InChI is InChI=1S/C8H12ClNO3S/c1-6(11)10-7(8(12)13)5-14-4-2-3-9/h2-3,7H,4-5H2,1H3,(H,10,11)(H,12,13)/b3-2+/t7-/m1/s1. The van der Waals surface area contributed by atoms with E-state index in [-0.39, 0.29) is 5.91 Å². The molecular weight excluding hydrogens is 226 g/mol. The van der Waals surface area contributed by atoms with Crippen molar-refractivity contribution in [1.82, 2.24) is 5.32 Å². The third kappa shape index (κ3) is 6.80. The number of carboxylic acid groups (broad SMARTS) is 1. The van der Waals surface area contributed by atoms with Crippen molar-refractivity contribution in [3.63, 3.8) is 0 Å². The summed E-state index contributed by atoms with van der Waals surface area (Å²) in [6.45, 7) is 1.29. The Bertz CT molecular complexity index is 233. The normalized spacial score (nSPS) is 12.7. The topological polar surface area (TPSA) is 66.4 Å². The SMILES string of the molecule is CC(=O)N[C@H](CSC/C=C/Cl)C(=O)O. The van der Waals surface area contributed by atoms with E-state index in [2.05, 4.69) is 5.32 Å². The number of hydrogen-bond donors (Lipinski definition) is 2. The van der Waals surface area contributed by atoms with Crippen molar-refractivity contribution in [2.75, 3.05) is 11.5 Å². The zero-order chi connectivity index (χ0) is 11.0. The van der Waals surface area contributed by atoms with Crippen molar-refractivity contribution in [3.8, 4) is 0 Å². The maximum atomic E-state index is 10.6. The maximum Gasteiger partial charge on any atom is 0.327 e. The summed E-state index contributed by atoms with van der Waals surface area (Å²) in [5.41, 5.74) is 1.38. The van der Waals surface area contributed by atoms with Crippen LogP contribution in [-0.2, 0) is 9.59 Å². The number of thioether (sulfide) groups is 1. The molecule has 2 N–H and O–H groups in total. The number of amides is 1. The third-order valence-electron chi connectivity index (χ3n) is 1.26. The second-order valence-corrected chi connectivity index (χ2v) is 3.82. The average molecular weight is 238 g/mol. The first-order valence-corrected chi connectivity index (χ1v) is 5.50. The van der Waals surface area contributed by atoms with E-state index in [4.69, 9.17) is 16.7 Å². The number of aliphatic carboxylic acids is 1. The van der Waals surface area contributed by atoms with Crippen LogP contribution in [0.2, 0.25) is 0 Å². The summed E-state index contributed by atoms with van der Waals surface area (Å²) in [7, 11) is 0. The zero-order valence-corrected chi connectivity index (χ0v) is 9.27. The lowest BCUT2D eigenvalue weighted by molar-refractivity contribution is -0.140. The lowest BCUT2D eigenvalue weighted by Crippen LogP contribution is -2.41. The van der Waals surface area contributed by atoms with Crippen molar-refractivity contribution >= 4 is 35.2 Å². The first kappa shape index (κ1) is 13.3. The summed E-state index contributed by atoms with van der Waals surface area (Å²) in [6, 6.07) is -0.832. The molecule has 6 heteroatoms. The Balaban J connectivity index is 3.85. The van der Waals surface area contributed by atoms with Crippen molar-refractivity contribution < 1.29 is 14.7 Å². The van der Waals surface area contributed by atoms with Gasteiger partial charge in [-0.05, 0) is 0 Å². The van der Waals surface area contributed by atoms with E-state index in [1.54, 1.807) is 6.08 Å². The largest absolute Gasteiger partial charge is 0.480 e. The Morgan fingerprint density at radius 2 is 2.29 bits per heavy atom. The highest BCUT2D eigenvalue weighted by molar-refractivity contribution is 7.99. The molecule has 0 aliphatic carbocycles. The zero-order valence-electron chi connectivity index (χ0n) is 7.70. The Labute approximate surface area is 91.7 Å². The second-order valence-electron chi connectivity index (χ2n) is 2.49. The van der Waals surface area contributed by atoms with E-state index in [0.29, 0.717) is 11.5 Å². The Hall–Kier alpha value is -0.680. The monoisotopic (exact) mass is 237 g/mol. The van der Waals surface area contributed by atoms with E-state index in [0.717, 1.165) is 0 Å². The molecule has 0 fully saturated rings. The van der Waals surface area contributed by atoms with E-state index < -0.39 is 12.0 Å². The maximum absolute atomic E-state index is 10.6. The van der Waals surface area contributed by atoms with Gasteiger partial charge in [-0.15, -0.1) is 0 Å². The molecule has 0 saturated heterocycles. The molecule has 0 spiro atoms. The first-order chi connectivity index (χ1) is 6.57. The van der Waals surface area contributed by atoms with Crippen LogP contribution in [0.25, 0.3) is 0 Å². The highest BCUT2D eigenvalue weighted by Crippen LogP contribution is 2.04. The predicted molar refractivity (Wildman–Crippen MR) is 57.6 cm³/mol. The average Bonchev–Trinajstić information content (AvgIpc) is 2.09. The summed E-state index contributed by atoms with van der Waals surface area (Å²) in [5.74, 6) is -0.406. The molecule has 1 atom stereocenters. The highest BCUT2D eigenvalue weighted by Gasteiger charge is 2.17. The van der Waals surface area contributed by atoms with Crippen LogP contribution in [0.4, 0.5) is 0 Å². The van der Waals surface area contributed by atoms with E-state index in [9.17, 15) is 9.59 Å². The highest BCUT2D eigenvalue weighted by atomic mass is 35.5. The lowest BCUT2D eigenvalue weighted by Gasteiger charge is -2.11. The molecule has 0 rings (SSSR count). The van der Waals surface area contributed by atoms with Crippen LogP contribution in [0, 0.1) is 0 Å². The van der Waals surface area contributed by atoms with Gasteiger partial charge in [-0.1, -0.05) is 17.7 Å². The second kappa shape index (κ2) is 7.70. The molecule has 0 heterocycles. The van der Waals surface area contributed by atoms with Gasteiger partial charge in [-0.3, -0.25) is 4.79 Å². The number of hydrogen-bond acceptors (Lipinski definition) is 3. The number of halogens is 1. The van der Waals surface area contributed by atoms with E-state index in [1.165, 1.54) is 24.2 Å². The van der Waals surface area contributed by atoms with Gasteiger partial charge in [0, 0.05) is 24.0 Å². The third-order valence-corrected chi connectivity index (χ3v) is 2.44. The molecule has 0 aliphatic heterocycles. The van der Waals surface area contributed by atoms with Crippen LogP contribution in [-0.4, -0.2) is 34.5 Å². The molecule has 14 heavy (non-hydrogen) atoms. The van der Waals surface area contributed by atoms with Crippen LogP contribution in [0.1, 0.15) is 6.92 Å². The van der Waals surface area contributed by atoms with Crippen molar-refractivity contribution in [2.45, 2.75) is 13.0 Å². The van der Waals surface area contributed by atoms with Crippen LogP contribution < -0.4 is 5.32 Å². The van der Waals surface area contributed by atoms with Gasteiger partial charge in [-0.25, -0.2) is 4.79 Å². The summed E-state index contributed by atoms with van der Waals surface area (Å²) in [5, 5.41) is 11.0. The van der Waals surface area contributed by atoms with Crippen molar-refractivity contribution in [2.24, 2.45) is 0 Å². The predicted octanol–water partition coefficient (Wildman–Crippen LogP) is 1.06. The summed E-state index contributed by atoms with van der Waals surface area (Å²) in [4.78, 5) is 21.3. The number of nitrogens with one attached hydrogen (secondary N) is 1. The van der Waals surface area contributed by atoms with Crippen LogP contribution >= 0.6 is 23.4 Å². The minimum atomic E-state index is -1.03. The van der Waals surface area contributed by atoms with E-state index >= 15 is 0 Å². The van der Waals surface area contributed by atoms with Gasteiger partial charge >= 0.3 is 5.97 Å². The fourth-order valence-corrected chi connectivity index (χ4v) is 1.74. The minimum Gasteiger partial charge on any atom is -0.480 e. The molecule has 4 nitrogen and oxygen atoms in total. The Morgan fingerprint density at radius 3 is 2.71 bits per heavy atom.